The number of nitrogens with zero attached hydrogens (tertiary/aromatic N) is 2. The molecule has 5 rings (SSSR count). The predicted octanol–water partition coefficient (Wildman–Crippen LogP) is 3.81. The topological polar surface area (TPSA) is 72.3 Å². The van der Waals surface area contributed by atoms with E-state index in [9.17, 15) is 9.18 Å². The Morgan fingerprint density at radius 2 is 2.00 bits per heavy atom. The first-order valence-corrected chi connectivity index (χ1v) is 11.8. The number of fused-ring (bicyclic) bond motifs is 5. The largest absolute Gasteiger partial charge is 0.399 e. The molecule has 0 aromatic heterocycles. The van der Waals surface area contributed by atoms with E-state index in [1.807, 2.05) is 6.92 Å². The van der Waals surface area contributed by atoms with Crippen molar-refractivity contribution in [1.82, 2.24) is 5.32 Å². The summed E-state index contributed by atoms with van der Waals surface area (Å²) in [7, 11) is 1.58. The maximum absolute atomic E-state index is 14.5. The second kappa shape index (κ2) is 7.68. The molecule has 1 N–H and O–H groups in total. The number of ketones is 1. The fraction of sp³-hybridized carbons (Fsp3) is 0.792. The number of carbonyl (C=O) groups is 1. The smallest absolute Gasteiger partial charge is 0.173 e. The summed E-state index contributed by atoms with van der Waals surface area (Å²) >= 11 is 0. The van der Waals surface area contributed by atoms with Gasteiger partial charge in [0.05, 0.1) is 11.4 Å². The molecule has 5 unspecified atom stereocenters. The standard InChI is InChI=1S/C24H34FN3O3/c1-23-7-4-14(27-31-15-6-9-26-13-15)10-19(23)21(28-30-3)11-16-17(23)5-8-24(2)18(16)12-20(25)22(24)29/h10,15-18,20,26H,4-9,11-13H2,1-3H3/b27-14?,28-21+/t15?,16?,17?,18?,20?,23-,24+/m1/s1. The molecule has 170 valence electrons. The minimum Gasteiger partial charge on any atom is -0.399 e. The summed E-state index contributed by atoms with van der Waals surface area (Å²) in [5.74, 6) is 0.595. The Morgan fingerprint density at radius 3 is 2.74 bits per heavy atom. The summed E-state index contributed by atoms with van der Waals surface area (Å²) in [6.07, 6.45) is 6.64. The van der Waals surface area contributed by atoms with Gasteiger partial charge in [-0.05, 0) is 79.9 Å². The van der Waals surface area contributed by atoms with Gasteiger partial charge in [0.2, 0.25) is 0 Å². The van der Waals surface area contributed by atoms with Crippen LogP contribution in [0.25, 0.3) is 0 Å². The predicted molar refractivity (Wildman–Crippen MR) is 117 cm³/mol. The van der Waals surface area contributed by atoms with Crippen molar-refractivity contribution in [3.05, 3.63) is 11.6 Å². The number of nitrogens with one attached hydrogen (secondary N) is 1. The molecule has 0 spiro atoms. The molecule has 31 heavy (non-hydrogen) atoms. The average Bonchev–Trinajstić information content (AvgIpc) is 3.35. The van der Waals surface area contributed by atoms with Gasteiger partial charge in [0, 0.05) is 18.4 Å². The van der Waals surface area contributed by atoms with Gasteiger partial charge in [-0.25, -0.2) is 4.39 Å². The number of halogens is 1. The van der Waals surface area contributed by atoms with Crippen molar-refractivity contribution < 1.29 is 18.9 Å². The highest BCUT2D eigenvalue weighted by molar-refractivity contribution is 6.10. The van der Waals surface area contributed by atoms with Crippen LogP contribution in [0.4, 0.5) is 4.39 Å². The quantitative estimate of drug-likeness (QED) is 0.690. The first kappa shape index (κ1) is 21.1. The lowest BCUT2D eigenvalue weighted by Gasteiger charge is -2.56. The van der Waals surface area contributed by atoms with Crippen molar-refractivity contribution in [2.24, 2.45) is 38.9 Å². The first-order valence-electron chi connectivity index (χ1n) is 11.8. The molecule has 4 aliphatic carbocycles. The van der Waals surface area contributed by atoms with E-state index < -0.39 is 11.6 Å². The molecular formula is C24H34FN3O3. The van der Waals surface area contributed by atoms with Crippen LogP contribution in [0.1, 0.15) is 58.8 Å². The molecule has 0 amide bonds. The number of alkyl halides is 1. The Morgan fingerprint density at radius 1 is 1.16 bits per heavy atom. The lowest BCUT2D eigenvalue weighted by atomic mass is 9.47. The molecule has 0 bridgehead atoms. The van der Waals surface area contributed by atoms with Crippen LogP contribution in [0.2, 0.25) is 0 Å². The van der Waals surface area contributed by atoms with Crippen molar-refractivity contribution in [3.8, 4) is 0 Å². The van der Waals surface area contributed by atoms with Crippen molar-refractivity contribution in [2.75, 3.05) is 20.2 Å². The second-order valence-corrected chi connectivity index (χ2v) is 10.6. The zero-order valence-corrected chi connectivity index (χ0v) is 18.8. The number of hydrogen-bond acceptors (Lipinski definition) is 6. The van der Waals surface area contributed by atoms with E-state index in [2.05, 4.69) is 28.6 Å². The Balaban J connectivity index is 1.47. The fourth-order valence-corrected chi connectivity index (χ4v) is 7.30. The molecule has 1 heterocycles. The maximum Gasteiger partial charge on any atom is 0.173 e. The zero-order chi connectivity index (χ0) is 21.8. The summed E-state index contributed by atoms with van der Waals surface area (Å²) in [4.78, 5) is 23.7. The van der Waals surface area contributed by atoms with Gasteiger partial charge in [-0.3, -0.25) is 4.79 Å². The van der Waals surface area contributed by atoms with Gasteiger partial charge in [-0.2, -0.15) is 0 Å². The molecule has 6 nitrogen and oxygen atoms in total. The molecule has 0 aromatic carbocycles. The fourth-order valence-electron chi connectivity index (χ4n) is 7.30. The Kier molecular flexibility index (Phi) is 5.23. The van der Waals surface area contributed by atoms with Gasteiger partial charge < -0.3 is 15.0 Å². The van der Waals surface area contributed by atoms with Crippen molar-refractivity contribution in [3.63, 3.8) is 0 Å². The minimum absolute atomic E-state index is 0.0625. The number of Topliss-reactive ketones (excluding diaryl/α,β-unsaturated/α-hetero) is 1. The van der Waals surface area contributed by atoms with Gasteiger partial charge in [-0.15, -0.1) is 0 Å². The normalized spacial score (nSPS) is 47.0. The molecule has 1 aliphatic heterocycles. The highest BCUT2D eigenvalue weighted by Gasteiger charge is 2.62. The summed E-state index contributed by atoms with van der Waals surface area (Å²) in [5.41, 5.74) is 2.49. The summed E-state index contributed by atoms with van der Waals surface area (Å²) < 4.78 is 14.5. The monoisotopic (exact) mass is 431 g/mol. The number of carbonyl (C=O) groups excluding carboxylic acids is 1. The van der Waals surface area contributed by atoms with E-state index in [1.54, 1.807) is 7.11 Å². The summed E-state index contributed by atoms with van der Waals surface area (Å²) in [5, 5.41) is 12.2. The van der Waals surface area contributed by atoms with Gasteiger partial charge in [0.25, 0.3) is 0 Å². The van der Waals surface area contributed by atoms with Crippen LogP contribution in [0.3, 0.4) is 0 Å². The van der Waals surface area contributed by atoms with Crippen molar-refractivity contribution >= 4 is 17.2 Å². The third-order valence-corrected chi connectivity index (χ3v) is 9.06. The minimum atomic E-state index is -1.31. The molecule has 1 saturated heterocycles. The third kappa shape index (κ3) is 3.26. The Hall–Kier alpha value is -1.76. The summed E-state index contributed by atoms with van der Waals surface area (Å²) in [6.45, 7) is 6.15. The number of hydrogen-bond donors (Lipinski definition) is 1. The molecule has 3 saturated carbocycles. The number of rotatable bonds is 3. The molecule has 7 atom stereocenters. The maximum atomic E-state index is 14.5. The highest BCUT2D eigenvalue weighted by Crippen LogP contribution is 2.64. The van der Waals surface area contributed by atoms with Crippen LogP contribution in [0, 0.1) is 28.6 Å². The van der Waals surface area contributed by atoms with Crippen LogP contribution in [0.15, 0.2) is 22.0 Å². The SMILES string of the molecule is CO/N=C1\CC2C(CC[C@]3(C)C(=O)C(F)CC23)[C@@]2(C)CCC(=NOC3CCNC3)C=C12. The van der Waals surface area contributed by atoms with Gasteiger partial charge in [0.15, 0.2) is 12.0 Å². The molecule has 4 fully saturated rings. The van der Waals surface area contributed by atoms with E-state index >= 15 is 0 Å². The van der Waals surface area contributed by atoms with E-state index in [0.717, 1.165) is 63.0 Å². The first-order chi connectivity index (χ1) is 14.9. The van der Waals surface area contributed by atoms with Gasteiger partial charge >= 0.3 is 0 Å². The summed E-state index contributed by atoms with van der Waals surface area (Å²) in [6, 6.07) is 0. The molecule has 0 aromatic rings. The number of allylic oxidation sites excluding steroid dienone is 2. The molecule has 5 aliphatic rings. The molecule has 0 radical (unpaired) electrons. The van der Waals surface area contributed by atoms with Gasteiger partial charge in [0.1, 0.15) is 13.2 Å². The van der Waals surface area contributed by atoms with Crippen LogP contribution in [0.5, 0.6) is 0 Å². The van der Waals surface area contributed by atoms with Crippen LogP contribution < -0.4 is 5.32 Å². The lowest BCUT2D eigenvalue weighted by molar-refractivity contribution is -0.134. The van der Waals surface area contributed by atoms with Crippen LogP contribution in [-0.2, 0) is 14.5 Å². The highest BCUT2D eigenvalue weighted by atomic mass is 19.1. The lowest BCUT2D eigenvalue weighted by Crippen LogP contribution is -2.53. The molecule has 7 heteroatoms. The van der Waals surface area contributed by atoms with E-state index in [0.29, 0.717) is 12.3 Å². The average molecular weight is 432 g/mol. The van der Waals surface area contributed by atoms with Crippen molar-refractivity contribution in [1.29, 1.82) is 0 Å². The van der Waals surface area contributed by atoms with E-state index in [4.69, 9.17) is 9.68 Å². The molecular weight excluding hydrogens is 397 g/mol. The van der Waals surface area contributed by atoms with Crippen molar-refractivity contribution in [2.45, 2.75) is 71.1 Å². The Labute approximate surface area is 183 Å². The van der Waals surface area contributed by atoms with E-state index in [1.165, 1.54) is 5.57 Å². The van der Waals surface area contributed by atoms with Crippen LogP contribution >= 0.6 is 0 Å². The van der Waals surface area contributed by atoms with Crippen LogP contribution in [-0.4, -0.2) is 49.7 Å². The zero-order valence-electron chi connectivity index (χ0n) is 18.8. The second-order valence-electron chi connectivity index (χ2n) is 10.6. The number of oxime groups is 2. The Bertz CT molecular complexity index is 849. The van der Waals surface area contributed by atoms with E-state index in [-0.39, 0.29) is 29.1 Å². The third-order valence-electron chi connectivity index (χ3n) is 9.06. The van der Waals surface area contributed by atoms with Gasteiger partial charge in [-0.1, -0.05) is 24.2 Å².